The van der Waals surface area contributed by atoms with Crippen LogP contribution in [-0.2, 0) is 23.2 Å². The van der Waals surface area contributed by atoms with Gasteiger partial charge in [-0.1, -0.05) is 0 Å². The lowest BCUT2D eigenvalue weighted by atomic mass is 10.1. The summed E-state index contributed by atoms with van der Waals surface area (Å²) in [6.45, 7) is 0.570. The molecule has 0 saturated carbocycles. The predicted molar refractivity (Wildman–Crippen MR) is 52.2 cm³/mol. The van der Waals surface area contributed by atoms with Crippen LogP contribution >= 0.6 is 0 Å². The van der Waals surface area contributed by atoms with Gasteiger partial charge < -0.3 is 14.6 Å². The SMILES string of the molecule is Cn1cnnc1CN1CC(C(=O)O)CC1=O. The Morgan fingerprint density at radius 2 is 2.44 bits per heavy atom. The molecule has 86 valence electrons. The number of carbonyl (C=O) groups is 2. The van der Waals surface area contributed by atoms with Gasteiger partial charge in [0.25, 0.3) is 0 Å². The van der Waals surface area contributed by atoms with Gasteiger partial charge >= 0.3 is 5.97 Å². The number of carbonyl (C=O) groups excluding carboxylic acids is 1. The molecule has 0 bridgehead atoms. The van der Waals surface area contributed by atoms with Crippen molar-refractivity contribution in [1.29, 1.82) is 0 Å². The minimum Gasteiger partial charge on any atom is -0.481 e. The Hall–Kier alpha value is -1.92. The van der Waals surface area contributed by atoms with Gasteiger partial charge in [0.05, 0.1) is 12.5 Å². The van der Waals surface area contributed by atoms with Crippen LogP contribution in [0.2, 0.25) is 0 Å². The zero-order valence-electron chi connectivity index (χ0n) is 8.83. The van der Waals surface area contributed by atoms with Gasteiger partial charge in [-0.2, -0.15) is 0 Å². The van der Waals surface area contributed by atoms with Gasteiger partial charge in [-0.25, -0.2) is 0 Å². The summed E-state index contributed by atoms with van der Waals surface area (Å²) in [5, 5.41) is 16.4. The van der Waals surface area contributed by atoms with Crippen LogP contribution in [0.25, 0.3) is 0 Å². The van der Waals surface area contributed by atoms with Crippen molar-refractivity contribution < 1.29 is 14.7 Å². The van der Waals surface area contributed by atoms with Gasteiger partial charge in [0.2, 0.25) is 5.91 Å². The third-order valence-electron chi connectivity index (χ3n) is 2.70. The second-order valence-electron chi connectivity index (χ2n) is 3.87. The quantitative estimate of drug-likeness (QED) is 0.729. The lowest BCUT2D eigenvalue weighted by Crippen LogP contribution is -2.27. The molecular weight excluding hydrogens is 212 g/mol. The molecule has 0 radical (unpaired) electrons. The summed E-state index contributed by atoms with van der Waals surface area (Å²) in [7, 11) is 1.78. The molecule has 2 rings (SSSR count). The van der Waals surface area contributed by atoms with Crippen LogP contribution in [0.4, 0.5) is 0 Å². The van der Waals surface area contributed by atoms with Gasteiger partial charge in [-0.15, -0.1) is 10.2 Å². The molecule has 1 N–H and O–H groups in total. The maximum Gasteiger partial charge on any atom is 0.308 e. The number of hydrogen-bond donors (Lipinski definition) is 1. The number of likely N-dealkylation sites (tertiary alicyclic amines) is 1. The zero-order chi connectivity index (χ0) is 11.7. The Kier molecular flexibility index (Phi) is 2.59. The Morgan fingerprint density at radius 1 is 1.69 bits per heavy atom. The largest absolute Gasteiger partial charge is 0.481 e. The van der Waals surface area contributed by atoms with Crippen LogP contribution < -0.4 is 0 Å². The first-order valence-corrected chi connectivity index (χ1v) is 4.91. The number of aromatic nitrogens is 3. The van der Waals surface area contributed by atoms with Crippen molar-refractivity contribution in [3.8, 4) is 0 Å². The average Bonchev–Trinajstić information content (AvgIpc) is 2.76. The number of nitrogens with zero attached hydrogens (tertiary/aromatic N) is 4. The van der Waals surface area contributed by atoms with Gasteiger partial charge in [0.15, 0.2) is 5.82 Å². The molecule has 2 heterocycles. The molecular formula is C9H12N4O3. The Balaban J connectivity index is 2.04. The van der Waals surface area contributed by atoms with E-state index in [1.54, 1.807) is 17.9 Å². The van der Waals surface area contributed by atoms with Crippen molar-refractivity contribution in [3.05, 3.63) is 12.2 Å². The first kappa shape index (κ1) is 10.6. The molecule has 7 nitrogen and oxygen atoms in total. The summed E-state index contributed by atoms with van der Waals surface area (Å²) >= 11 is 0. The summed E-state index contributed by atoms with van der Waals surface area (Å²) in [6.07, 6.45) is 1.62. The Morgan fingerprint density at radius 3 is 2.94 bits per heavy atom. The van der Waals surface area contributed by atoms with Crippen molar-refractivity contribution in [2.24, 2.45) is 13.0 Å². The molecule has 1 saturated heterocycles. The summed E-state index contributed by atoms with van der Waals surface area (Å²) < 4.78 is 1.71. The van der Waals surface area contributed by atoms with E-state index in [1.165, 1.54) is 4.90 Å². The number of aryl methyl sites for hydroxylation is 1. The smallest absolute Gasteiger partial charge is 0.308 e. The number of carboxylic acids is 1. The molecule has 1 amide bonds. The molecule has 1 fully saturated rings. The molecule has 1 aromatic rings. The standard InChI is InChI=1S/C9H12N4O3/c1-12-5-10-11-7(12)4-13-3-6(9(15)16)2-8(13)14/h5-6H,2-4H2,1H3,(H,15,16). The summed E-state index contributed by atoms with van der Waals surface area (Å²) in [6, 6.07) is 0. The van der Waals surface area contributed by atoms with Crippen molar-refractivity contribution in [1.82, 2.24) is 19.7 Å². The van der Waals surface area contributed by atoms with E-state index in [1.807, 2.05) is 0 Å². The van der Waals surface area contributed by atoms with E-state index in [0.29, 0.717) is 12.4 Å². The summed E-state index contributed by atoms with van der Waals surface area (Å²) in [5.41, 5.74) is 0. The highest BCUT2D eigenvalue weighted by Gasteiger charge is 2.34. The van der Waals surface area contributed by atoms with E-state index in [4.69, 9.17) is 5.11 Å². The van der Waals surface area contributed by atoms with Crippen LogP contribution in [0.15, 0.2) is 6.33 Å². The third kappa shape index (κ3) is 1.88. The first-order chi connectivity index (χ1) is 7.58. The maximum absolute atomic E-state index is 11.5. The molecule has 0 aromatic carbocycles. The molecule has 0 spiro atoms. The average molecular weight is 224 g/mol. The maximum atomic E-state index is 11.5. The van der Waals surface area contributed by atoms with E-state index in [-0.39, 0.29) is 18.9 Å². The predicted octanol–water partition coefficient (Wildman–Crippen LogP) is -0.752. The third-order valence-corrected chi connectivity index (χ3v) is 2.70. The van der Waals surface area contributed by atoms with Crippen LogP contribution in [0.1, 0.15) is 12.2 Å². The van der Waals surface area contributed by atoms with E-state index in [9.17, 15) is 9.59 Å². The minimum atomic E-state index is -0.922. The highest BCUT2D eigenvalue weighted by molar-refractivity contribution is 5.85. The summed E-state index contributed by atoms with van der Waals surface area (Å²) in [5.74, 6) is -1.01. The highest BCUT2D eigenvalue weighted by atomic mass is 16.4. The van der Waals surface area contributed by atoms with Crippen molar-refractivity contribution in [2.45, 2.75) is 13.0 Å². The lowest BCUT2D eigenvalue weighted by Gasteiger charge is -2.14. The molecule has 1 aliphatic rings. The minimum absolute atomic E-state index is 0.0766. The fourth-order valence-electron chi connectivity index (χ4n) is 1.71. The molecule has 0 aliphatic carbocycles. The van der Waals surface area contributed by atoms with Gasteiger partial charge in [-0.05, 0) is 0 Å². The van der Waals surface area contributed by atoms with Crippen LogP contribution in [0.5, 0.6) is 0 Å². The van der Waals surface area contributed by atoms with Crippen molar-refractivity contribution in [3.63, 3.8) is 0 Å². The van der Waals surface area contributed by atoms with Crippen molar-refractivity contribution in [2.75, 3.05) is 6.54 Å². The fraction of sp³-hybridized carbons (Fsp3) is 0.556. The number of carboxylic acid groups (broad SMARTS) is 1. The molecule has 1 atom stereocenters. The highest BCUT2D eigenvalue weighted by Crippen LogP contribution is 2.19. The van der Waals surface area contributed by atoms with Crippen LogP contribution in [-0.4, -0.2) is 43.2 Å². The Bertz CT molecular complexity index is 428. The van der Waals surface area contributed by atoms with E-state index in [0.717, 1.165) is 0 Å². The number of rotatable bonds is 3. The van der Waals surface area contributed by atoms with Crippen molar-refractivity contribution >= 4 is 11.9 Å². The topological polar surface area (TPSA) is 88.3 Å². The molecule has 7 heteroatoms. The van der Waals surface area contributed by atoms with Gasteiger partial charge in [0.1, 0.15) is 6.33 Å². The van der Waals surface area contributed by atoms with Crippen LogP contribution in [0.3, 0.4) is 0 Å². The second kappa shape index (κ2) is 3.92. The van der Waals surface area contributed by atoms with E-state index in [2.05, 4.69) is 10.2 Å². The number of hydrogen-bond acceptors (Lipinski definition) is 4. The first-order valence-electron chi connectivity index (χ1n) is 4.91. The second-order valence-corrected chi connectivity index (χ2v) is 3.87. The molecule has 1 aliphatic heterocycles. The zero-order valence-corrected chi connectivity index (χ0v) is 8.83. The van der Waals surface area contributed by atoms with Crippen LogP contribution in [0, 0.1) is 5.92 Å². The van der Waals surface area contributed by atoms with E-state index >= 15 is 0 Å². The lowest BCUT2D eigenvalue weighted by molar-refractivity contribution is -0.141. The monoisotopic (exact) mass is 224 g/mol. The number of aliphatic carboxylic acids is 1. The Labute approximate surface area is 91.7 Å². The molecule has 16 heavy (non-hydrogen) atoms. The van der Waals surface area contributed by atoms with E-state index < -0.39 is 11.9 Å². The summed E-state index contributed by atoms with van der Waals surface area (Å²) in [4.78, 5) is 23.8. The normalized spacial score (nSPS) is 20.4. The molecule has 1 aromatic heterocycles. The fourth-order valence-corrected chi connectivity index (χ4v) is 1.71. The van der Waals surface area contributed by atoms with Gasteiger partial charge in [-0.3, -0.25) is 9.59 Å². The number of amides is 1. The van der Waals surface area contributed by atoms with Gasteiger partial charge in [0, 0.05) is 20.0 Å². The molecule has 1 unspecified atom stereocenters.